The summed E-state index contributed by atoms with van der Waals surface area (Å²) >= 11 is 0. The van der Waals surface area contributed by atoms with Gasteiger partial charge in [0.15, 0.2) is 5.82 Å². The van der Waals surface area contributed by atoms with Crippen molar-refractivity contribution in [3.8, 4) is 23.0 Å². The first kappa shape index (κ1) is 18.7. The highest BCUT2D eigenvalue weighted by Gasteiger charge is 2.31. The Morgan fingerprint density at radius 2 is 2.07 bits per heavy atom. The molecule has 3 heterocycles. The summed E-state index contributed by atoms with van der Waals surface area (Å²) in [5.74, 6) is 0.285. The molecule has 0 atom stereocenters. The van der Waals surface area contributed by atoms with E-state index in [0.29, 0.717) is 35.6 Å². The van der Waals surface area contributed by atoms with E-state index in [9.17, 15) is 9.59 Å². The highest BCUT2D eigenvalue weighted by molar-refractivity contribution is 5.94. The molecular formula is C21H19N5O3. The number of aromatic amines is 1. The fourth-order valence-electron chi connectivity index (χ4n) is 3.35. The van der Waals surface area contributed by atoms with Crippen LogP contribution in [0, 0.1) is 18.3 Å². The maximum Gasteiger partial charge on any atom is 0.280 e. The number of aryl methyl sites for hydroxylation is 1. The fraction of sp³-hybridized carbons (Fsp3) is 0.238. The SMILES string of the molecule is COC1CN(C(=O)c2ccc(-n3[nH]cc(-c4ccc(C#N)cc4C)c3=O)nc2)C1. The number of benzene rings is 1. The molecule has 1 aliphatic heterocycles. The largest absolute Gasteiger partial charge is 0.378 e. The maximum absolute atomic E-state index is 12.9. The summed E-state index contributed by atoms with van der Waals surface area (Å²) in [6.07, 6.45) is 3.17. The Balaban J connectivity index is 1.58. The molecule has 2 aromatic heterocycles. The van der Waals surface area contributed by atoms with Gasteiger partial charge in [-0.1, -0.05) is 6.07 Å². The number of nitrogens with zero attached hydrogens (tertiary/aromatic N) is 4. The van der Waals surface area contributed by atoms with E-state index in [2.05, 4.69) is 16.2 Å². The monoisotopic (exact) mass is 389 g/mol. The third-order valence-corrected chi connectivity index (χ3v) is 5.11. The van der Waals surface area contributed by atoms with Crippen LogP contribution in [-0.4, -0.2) is 51.9 Å². The fourth-order valence-corrected chi connectivity index (χ4v) is 3.35. The van der Waals surface area contributed by atoms with Crippen LogP contribution in [0.25, 0.3) is 16.9 Å². The van der Waals surface area contributed by atoms with Crippen LogP contribution in [0.5, 0.6) is 0 Å². The Kier molecular flexibility index (Phi) is 4.74. The number of rotatable bonds is 4. The number of pyridine rings is 1. The number of nitrogens with one attached hydrogen (secondary N) is 1. The third-order valence-electron chi connectivity index (χ3n) is 5.11. The Morgan fingerprint density at radius 1 is 1.28 bits per heavy atom. The van der Waals surface area contributed by atoms with Crippen molar-refractivity contribution in [3.05, 3.63) is 69.8 Å². The van der Waals surface area contributed by atoms with Crippen molar-refractivity contribution in [1.82, 2.24) is 19.7 Å². The van der Waals surface area contributed by atoms with Gasteiger partial charge in [0.1, 0.15) is 0 Å². The van der Waals surface area contributed by atoms with Gasteiger partial charge in [-0.3, -0.25) is 14.7 Å². The quantitative estimate of drug-likeness (QED) is 0.734. The van der Waals surface area contributed by atoms with Crippen molar-refractivity contribution < 1.29 is 9.53 Å². The zero-order chi connectivity index (χ0) is 20.5. The molecule has 1 saturated heterocycles. The standard InChI is InChI=1S/C21H19N5O3/c1-13-7-14(8-22)3-5-17(13)18-10-24-26(21(18)28)19-6-4-15(9-23-19)20(27)25-11-16(12-25)29-2/h3-7,9-10,16,24H,11-12H2,1-2H3. The van der Waals surface area contributed by atoms with Gasteiger partial charge < -0.3 is 9.64 Å². The maximum atomic E-state index is 12.9. The molecule has 8 heteroatoms. The number of likely N-dealkylation sites (tertiary alicyclic amines) is 1. The predicted molar refractivity (Wildman–Crippen MR) is 106 cm³/mol. The number of methoxy groups -OCH3 is 1. The van der Waals surface area contributed by atoms with Gasteiger partial charge in [0, 0.05) is 32.6 Å². The summed E-state index contributed by atoms with van der Waals surface area (Å²) in [6, 6.07) is 10.6. The normalized spacial score (nSPS) is 13.8. The number of hydrogen-bond donors (Lipinski definition) is 1. The summed E-state index contributed by atoms with van der Waals surface area (Å²) in [7, 11) is 1.63. The van der Waals surface area contributed by atoms with Crippen LogP contribution in [0.2, 0.25) is 0 Å². The van der Waals surface area contributed by atoms with Gasteiger partial charge in [0.25, 0.3) is 11.5 Å². The Labute approximate surface area is 167 Å². The van der Waals surface area contributed by atoms with Gasteiger partial charge in [-0.2, -0.15) is 5.26 Å². The zero-order valence-electron chi connectivity index (χ0n) is 16.0. The number of nitriles is 1. The first-order chi connectivity index (χ1) is 14.0. The number of carbonyl (C=O) groups excluding carboxylic acids is 1. The van der Waals surface area contributed by atoms with Crippen LogP contribution in [0.3, 0.4) is 0 Å². The van der Waals surface area contributed by atoms with Gasteiger partial charge in [0.05, 0.1) is 28.9 Å². The van der Waals surface area contributed by atoms with Crippen LogP contribution < -0.4 is 5.56 Å². The van der Waals surface area contributed by atoms with Crippen LogP contribution in [0.15, 0.2) is 47.5 Å². The number of carbonyl (C=O) groups is 1. The van der Waals surface area contributed by atoms with Crippen LogP contribution in [-0.2, 0) is 4.74 Å². The third kappa shape index (κ3) is 3.32. The molecule has 0 saturated carbocycles. The van der Waals surface area contributed by atoms with Crippen molar-refractivity contribution in [2.45, 2.75) is 13.0 Å². The number of aromatic nitrogens is 3. The van der Waals surface area contributed by atoms with Crippen molar-refractivity contribution in [2.24, 2.45) is 0 Å². The molecule has 0 aliphatic carbocycles. The second kappa shape index (κ2) is 7.37. The van der Waals surface area contributed by atoms with Crippen molar-refractivity contribution in [3.63, 3.8) is 0 Å². The van der Waals surface area contributed by atoms with E-state index in [0.717, 1.165) is 11.1 Å². The summed E-state index contributed by atoms with van der Waals surface area (Å²) in [5, 5.41) is 11.9. The lowest BCUT2D eigenvalue weighted by Crippen LogP contribution is -2.54. The molecule has 0 radical (unpaired) electrons. The highest BCUT2D eigenvalue weighted by Crippen LogP contribution is 2.21. The van der Waals surface area contributed by atoms with Gasteiger partial charge >= 0.3 is 0 Å². The summed E-state index contributed by atoms with van der Waals surface area (Å²) in [6.45, 7) is 3.00. The minimum absolute atomic E-state index is 0.0905. The average Bonchev–Trinajstić information content (AvgIpc) is 3.08. The molecule has 146 valence electrons. The van der Waals surface area contributed by atoms with E-state index in [1.165, 1.54) is 10.9 Å². The van der Waals surface area contributed by atoms with E-state index in [1.807, 2.05) is 6.92 Å². The minimum Gasteiger partial charge on any atom is -0.378 e. The van der Waals surface area contributed by atoms with Crippen LogP contribution in [0.1, 0.15) is 21.5 Å². The molecule has 29 heavy (non-hydrogen) atoms. The molecule has 3 aromatic rings. The first-order valence-electron chi connectivity index (χ1n) is 9.12. The number of ether oxygens (including phenoxy) is 1. The highest BCUT2D eigenvalue weighted by atomic mass is 16.5. The lowest BCUT2D eigenvalue weighted by Gasteiger charge is -2.38. The second-order valence-electron chi connectivity index (χ2n) is 6.94. The summed E-state index contributed by atoms with van der Waals surface area (Å²) in [4.78, 5) is 31.2. The second-order valence-corrected chi connectivity index (χ2v) is 6.94. The summed E-state index contributed by atoms with van der Waals surface area (Å²) in [5.41, 5.74) is 2.83. The van der Waals surface area contributed by atoms with Crippen molar-refractivity contribution >= 4 is 5.91 Å². The van der Waals surface area contributed by atoms with Gasteiger partial charge in [0.2, 0.25) is 0 Å². The molecule has 1 N–H and O–H groups in total. The molecule has 8 nitrogen and oxygen atoms in total. The Morgan fingerprint density at radius 3 is 2.69 bits per heavy atom. The molecule has 1 aromatic carbocycles. The van der Waals surface area contributed by atoms with E-state index in [1.54, 1.807) is 48.5 Å². The van der Waals surface area contributed by atoms with E-state index in [4.69, 9.17) is 10.00 Å². The number of hydrogen-bond acceptors (Lipinski definition) is 5. The molecule has 0 spiro atoms. The lowest BCUT2D eigenvalue weighted by atomic mass is 10.0. The number of amides is 1. The predicted octanol–water partition coefficient (Wildman–Crippen LogP) is 1.88. The van der Waals surface area contributed by atoms with Crippen LogP contribution >= 0.6 is 0 Å². The van der Waals surface area contributed by atoms with Crippen LogP contribution in [0.4, 0.5) is 0 Å². The van der Waals surface area contributed by atoms with Crippen molar-refractivity contribution in [2.75, 3.05) is 20.2 Å². The van der Waals surface area contributed by atoms with Gasteiger partial charge in [-0.15, -0.1) is 0 Å². The summed E-state index contributed by atoms with van der Waals surface area (Å²) < 4.78 is 6.51. The minimum atomic E-state index is -0.255. The topological polar surface area (TPSA) is 104 Å². The van der Waals surface area contributed by atoms with Gasteiger partial charge in [-0.25, -0.2) is 9.67 Å². The molecule has 1 fully saturated rings. The Hall–Kier alpha value is -3.70. The van der Waals surface area contributed by atoms with E-state index >= 15 is 0 Å². The first-order valence-corrected chi connectivity index (χ1v) is 9.12. The lowest BCUT2D eigenvalue weighted by molar-refractivity contribution is -0.0192. The smallest absolute Gasteiger partial charge is 0.280 e. The molecule has 4 rings (SSSR count). The molecule has 1 amide bonds. The van der Waals surface area contributed by atoms with Gasteiger partial charge in [-0.05, 0) is 42.3 Å². The van der Waals surface area contributed by atoms with E-state index in [-0.39, 0.29) is 17.6 Å². The molecule has 0 unspecified atom stereocenters. The van der Waals surface area contributed by atoms with E-state index < -0.39 is 0 Å². The number of H-pyrrole nitrogens is 1. The Bertz CT molecular complexity index is 1160. The molecule has 0 bridgehead atoms. The zero-order valence-corrected chi connectivity index (χ0v) is 16.0. The van der Waals surface area contributed by atoms with Crippen molar-refractivity contribution in [1.29, 1.82) is 5.26 Å². The molecule has 1 aliphatic rings. The molecular weight excluding hydrogens is 370 g/mol. The average molecular weight is 389 g/mol.